The first-order valence-electron chi connectivity index (χ1n) is 5.49. The standard InChI is InChI=1S/C3H10N2.4C2H4O2.Fe/c1-2-3(4)5;4*1-2(3)4;/h3H,2,4-5H2,1H3;4*1H3,(H,3,4);. The maximum atomic E-state index is 9.00. The molecular weight excluding hydrogens is 344 g/mol. The average Bonchev–Trinajstić information content (AvgIpc) is 2.13. The van der Waals surface area contributed by atoms with Gasteiger partial charge in [-0.15, -0.1) is 0 Å². The number of hydrogen-bond donors (Lipinski definition) is 6. The molecule has 11 heteroatoms. The molecule has 0 aliphatic carbocycles. The summed E-state index contributed by atoms with van der Waals surface area (Å²) < 4.78 is 0. The first-order chi connectivity index (χ1) is 9.20. The third kappa shape index (κ3) is 53800. The molecule has 0 aliphatic heterocycles. The molecule has 0 spiro atoms. The van der Waals surface area contributed by atoms with E-state index in [1.807, 2.05) is 6.92 Å². The molecule has 0 unspecified atom stereocenters. The predicted octanol–water partition coefficient (Wildman–Crippen LogP) is 0.00100. The summed E-state index contributed by atoms with van der Waals surface area (Å²) in [4.78, 5) is 36.0. The normalized spacial score (nSPS) is 6.73. The second-order valence-electron chi connectivity index (χ2n) is 3.15. The Labute approximate surface area is 140 Å². The van der Waals surface area contributed by atoms with Crippen LogP contribution in [0.5, 0.6) is 0 Å². The Kier molecular flexibility index (Phi) is 53.2. The van der Waals surface area contributed by atoms with Crippen molar-refractivity contribution in [3.63, 3.8) is 0 Å². The van der Waals surface area contributed by atoms with E-state index >= 15 is 0 Å². The number of rotatable bonds is 1. The van der Waals surface area contributed by atoms with Crippen LogP contribution < -0.4 is 11.5 Å². The Morgan fingerprint density at radius 1 is 0.727 bits per heavy atom. The van der Waals surface area contributed by atoms with Crippen molar-refractivity contribution >= 4 is 23.9 Å². The van der Waals surface area contributed by atoms with Crippen LogP contribution in [-0.4, -0.2) is 50.5 Å². The van der Waals surface area contributed by atoms with Crippen molar-refractivity contribution < 1.29 is 56.7 Å². The molecule has 22 heavy (non-hydrogen) atoms. The van der Waals surface area contributed by atoms with Crippen LogP contribution in [0.1, 0.15) is 41.0 Å². The van der Waals surface area contributed by atoms with E-state index in [2.05, 4.69) is 0 Å². The molecule has 0 aliphatic rings. The Balaban J connectivity index is -0.0000000361. The van der Waals surface area contributed by atoms with E-state index in [0.29, 0.717) is 0 Å². The van der Waals surface area contributed by atoms with Gasteiger partial charge in [-0.05, 0) is 6.42 Å². The van der Waals surface area contributed by atoms with Gasteiger partial charge in [0.1, 0.15) is 0 Å². The zero-order valence-corrected chi connectivity index (χ0v) is 14.3. The second-order valence-corrected chi connectivity index (χ2v) is 3.15. The summed E-state index contributed by atoms with van der Waals surface area (Å²) in [5.41, 5.74) is 10.1. The number of carbonyl (C=O) groups is 4. The zero-order valence-electron chi connectivity index (χ0n) is 13.2. The molecule has 0 fully saturated rings. The first kappa shape index (κ1) is 37.0. The van der Waals surface area contributed by atoms with E-state index < -0.39 is 23.9 Å². The Morgan fingerprint density at radius 2 is 0.773 bits per heavy atom. The van der Waals surface area contributed by atoms with Gasteiger partial charge in [0, 0.05) is 44.8 Å². The van der Waals surface area contributed by atoms with Gasteiger partial charge >= 0.3 is 0 Å². The van der Waals surface area contributed by atoms with Crippen molar-refractivity contribution in [3.8, 4) is 0 Å². The van der Waals surface area contributed by atoms with Crippen molar-refractivity contribution in [1.82, 2.24) is 0 Å². The topological polar surface area (TPSA) is 201 Å². The van der Waals surface area contributed by atoms with E-state index in [-0.39, 0.29) is 23.2 Å². The summed E-state index contributed by atoms with van der Waals surface area (Å²) >= 11 is 0. The van der Waals surface area contributed by atoms with E-state index in [9.17, 15) is 0 Å². The van der Waals surface area contributed by atoms with Crippen LogP contribution in [0.4, 0.5) is 0 Å². The molecule has 0 bridgehead atoms. The SMILES string of the molecule is CC(=O)O.CC(=O)O.CC(=O)O.CC(=O)O.CCC(N)N.[Fe]. The Hall–Kier alpha value is -1.68. The van der Waals surface area contributed by atoms with Crippen molar-refractivity contribution in [3.05, 3.63) is 0 Å². The van der Waals surface area contributed by atoms with Crippen LogP contribution in [0.3, 0.4) is 0 Å². The maximum absolute atomic E-state index is 9.00. The molecule has 0 aromatic rings. The van der Waals surface area contributed by atoms with Gasteiger partial charge in [0.25, 0.3) is 23.9 Å². The van der Waals surface area contributed by atoms with Crippen molar-refractivity contribution in [1.29, 1.82) is 0 Å². The van der Waals surface area contributed by atoms with E-state index in [4.69, 9.17) is 51.1 Å². The number of nitrogens with two attached hydrogens (primary N) is 2. The molecule has 0 heterocycles. The molecule has 0 amide bonds. The van der Waals surface area contributed by atoms with Crippen LogP contribution in [-0.2, 0) is 36.2 Å². The number of aliphatic carboxylic acids is 4. The molecular formula is C11H26FeN2O8. The Bertz CT molecular complexity index is 221. The zero-order chi connectivity index (χ0) is 18.6. The predicted molar refractivity (Wildman–Crippen MR) is 75.7 cm³/mol. The first-order valence-corrected chi connectivity index (χ1v) is 5.49. The molecule has 0 saturated heterocycles. The third-order valence-corrected chi connectivity index (χ3v) is 0.471. The molecule has 0 aromatic carbocycles. The van der Waals surface area contributed by atoms with Gasteiger partial charge in [-0.25, -0.2) is 0 Å². The van der Waals surface area contributed by atoms with Crippen molar-refractivity contribution in [2.75, 3.05) is 0 Å². The van der Waals surface area contributed by atoms with Gasteiger partial charge in [-0.3, -0.25) is 19.2 Å². The summed E-state index contributed by atoms with van der Waals surface area (Å²) in [7, 11) is 0. The van der Waals surface area contributed by atoms with Gasteiger partial charge in [0.2, 0.25) is 0 Å². The summed E-state index contributed by atoms with van der Waals surface area (Å²) in [5, 5.41) is 29.7. The number of carboxylic acid groups (broad SMARTS) is 4. The second kappa shape index (κ2) is 31.6. The molecule has 136 valence electrons. The largest absolute Gasteiger partial charge is 0.481 e. The number of carboxylic acids is 4. The molecule has 0 saturated carbocycles. The fourth-order valence-electron chi connectivity index (χ4n) is 0. The molecule has 0 aromatic heterocycles. The van der Waals surface area contributed by atoms with Crippen LogP contribution in [0.25, 0.3) is 0 Å². The number of hydrogen-bond acceptors (Lipinski definition) is 6. The van der Waals surface area contributed by atoms with E-state index in [1.165, 1.54) is 0 Å². The third-order valence-electron chi connectivity index (χ3n) is 0.471. The molecule has 0 rings (SSSR count). The summed E-state index contributed by atoms with van der Waals surface area (Å²) in [6.07, 6.45) is 0.745. The smallest absolute Gasteiger partial charge is 0.300 e. The van der Waals surface area contributed by atoms with Crippen molar-refractivity contribution in [2.24, 2.45) is 11.5 Å². The Morgan fingerprint density at radius 3 is 0.773 bits per heavy atom. The minimum absolute atomic E-state index is 0. The van der Waals surface area contributed by atoms with Crippen LogP contribution in [0, 0.1) is 0 Å². The fraction of sp³-hybridized carbons (Fsp3) is 0.636. The van der Waals surface area contributed by atoms with Gasteiger partial charge in [0.15, 0.2) is 0 Å². The van der Waals surface area contributed by atoms with Crippen LogP contribution in [0.2, 0.25) is 0 Å². The summed E-state index contributed by atoms with van der Waals surface area (Å²) in [6, 6.07) is 0. The fourth-order valence-corrected chi connectivity index (χ4v) is 0. The van der Waals surface area contributed by atoms with Gasteiger partial charge in [0.05, 0.1) is 6.17 Å². The minimum Gasteiger partial charge on any atom is -0.481 e. The monoisotopic (exact) mass is 370 g/mol. The maximum Gasteiger partial charge on any atom is 0.300 e. The van der Waals surface area contributed by atoms with Crippen molar-refractivity contribution in [2.45, 2.75) is 47.2 Å². The van der Waals surface area contributed by atoms with E-state index in [1.54, 1.807) is 0 Å². The van der Waals surface area contributed by atoms with Gasteiger partial charge in [-0.2, -0.15) is 0 Å². The molecule has 0 atom stereocenters. The van der Waals surface area contributed by atoms with E-state index in [0.717, 1.165) is 34.1 Å². The molecule has 8 N–H and O–H groups in total. The summed E-state index contributed by atoms with van der Waals surface area (Å²) in [6.45, 7) is 6.28. The molecule has 10 nitrogen and oxygen atoms in total. The minimum atomic E-state index is -0.833. The van der Waals surface area contributed by atoms with Crippen LogP contribution >= 0.6 is 0 Å². The van der Waals surface area contributed by atoms with Crippen LogP contribution in [0.15, 0.2) is 0 Å². The molecule has 0 radical (unpaired) electrons. The average molecular weight is 370 g/mol. The summed E-state index contributed by atoms with van der Waals surface area (Å²) in [5.74, 6) is -3.33. The van der Waals surface area contributed by atoms with Gasteiger partial charge < -0.3 is 31.9 Å². The quantitative estimate of drug-likeness (QED) is 0.269. The van der Waals surface area contributed by atoms with Gasteiger partial charge in [-0.1, -0.05) is 6.92 Å².